The molecule has 0 radical (unpaired) electrons. The van der Waals surface area contributed by atoms with Gasteiger partial charge in [-0.2, -0.15) is 0 Å². The molecule has 1 aliphatic rings. The summed E-state index contributed by atoms with van der Waals surface area (Å²) in [7, 11) is 0. The van der Waals surface area contributed by atoms with Gasteiger partial charge in [0, 0.05) is 18.3 Å². The third-order valence-electron chi connectivity index (χ3n) is 5.84. The minimum absolute atomic E-state index is 0. The van der Waals surface area contributed by atoms with Crippen LogP contribution in [-0.4, -0.2) is 11.1 Å². The second-order valence-electron chi connectivity index (χ2n) is 9.94. The average Bonchev–Trinajstić information content (AvgIpc) is 3.21. The summed E-state index contributed by atoms with van der Waals surface area (Å²) in [6, 6.07) is 13.5. The molecule has 0 spiro atoms. The van der Waals surface area contributed by atoms with Crippen molar-refractivity contribution in [3.05, 3.63) is 77.7 Å². The summed E-state index contributed by atoms with van der Waals surface area (Å²) in [6.45, 7) is 21.6. The van der Waals surface area contributed by atoms with E-state index >= 15 is 0 Å². The van der Waals surface area contributed by atoms with Crippen LogP contribution < -0.4 is 9.80 Å². The number of benzene rings is 2. The van der Waals surface area contributed by atoms with Gasteiger partial charge in [0.2, 0.25) is 0 Å². The number of carboxylic acids is 1. The quantitative estimate of drug-likeness (QED) is 0.287. The normalized spacial score (nSPS) is 13.0. The first-order valence-corrected chi connectivity index (χ1v) is 12.0. The van der Waals surface area contributed by atoms with Crippen molar-refractivity contribution >= 4 is 17.3 Å². The Morgan fingerprint density at radius 2 is 0.912 bits per heavy atom. The largest absolute Gasteiger partial charge is 1.00 e. The zero-order valence-electron chi connectivity index (χ0n) is 22.1. The van der Waals surface area contributed by atoms with E-state index in [1.807, 2.05) is 0 Å². The predicted molar refractivity (Wildman–Crippen MR) is 141 cm³/mol. The van der Waals surface area contributed by atoms with Crippen LogP contribution in [0.1, 0.15) is 108 Å². The molecule has 1 heterocycles. The molecular formula is C29H41AgN2O2. The van der Waals surface area contributed by atoms with Crippen molar-refractivity contribution in [1.29, 1.82) is 0 Å². The number of nitrogens with zero attached hydrogens (tertiary/aromatic N) is 2. The van der Waals surface area contributed by atoms with Crippen molar-refractivity contribution in [2.75, 3.05) is 9.80 Å². The van der Waals surface area contributed by atoms with E-state index in [1.54, 1.807) is 0 Å². The fourth-order valence-corrected chi connectivity index (χ4v) is 4.24. The fraction of sp³-hybridized carbons (Fsp3) is 0.448. The van der Waals surface area contributed by atoms with Crippen LogP contribution in [0.4, 0.5) is 11.4 Å². The van der Waals surface area contributed by atoms with Gasteiger partial charge in [-0.25, -0.2) is 0 Å². The van der Waals surface area contributed by atoms with Gasteiger partial charge in [0.1, 0.15) is 0 Å². The third-order valence-corrected chi connectivity index (χ3v) is 5.84. The van der Waals surface area contributed by atoms with Gasteiger partial charge in [-0.1, -0.05) is 91.8 Å². The van der Waals surface area contributed by atoms with E-state index in [9.17, 15) is 0 Å². The van der Waals surface area contributed by atoms with Crippen molar-refractivity contribution in [3.63, 3.8) is 0 Å². The minimum atomic E-state index is -0.833. The zero-order chi connectivity index (χ0) is 24.9. The molecule has 0 fully saturated rings. The maximum atomic E-state index is 9.00. The first-order chi connectivity index (χ1) is 15.5. The second-order valence-corrected chi connectivity index (χ2v) is 9.94. The number of anilines is 2. The van der Waals surface area contributed by atoms with Gasteiger partial charge in [0.05, 0.1) is 0 Å². The molecule has 0 aromatic heterocycles. The van der Waals surface area contributed by atoms with Crippen molar-refractivity contribution in [2.24, 2.45) is 0 Å². The number of rotatable bonds is 6. The molecule has 5 heteroatoms. The Balaban J connectivity index is 0.00000107. The molecule has 0 bridgehead atoms. The van der Waals surface area contributed by atoms with E-state index in [4.69, 9.17) is 9.90 Å². The molecule has 190 valence electrons. The van der Waals surface area contributed by atoms with Gasteiger partial charge < -0.3 is 14.9 Å². The molecule has 1 N–H and O–H groups in total. The van der Waals surface area contributed by atoms with Gasteiger partial charge in [0.25, 0.3) is 5.97 Å². The van der Waals surface area contributed by atoms with Crippen LogP contribution in [0.15, 0.2) is 48.8 Å². The minimum Gasteiger partial charge on any atom is -0.481 e. The molecule has 2 aromatic carbocycles. The van der Waals surface area contributed by atoms with Gasteiger partial charge in [-0.3, -0.25) is 4.79 Å². The fourth-order valence-electron chi connectivity index (χ4n) is 4.24. The molecule has 0 unspecified atom stereocenters. The van der Waals surface area contributed by atoms with Crippen molar-refractivity contribution in [3.8, 4) is 0 Å². The molecule has 2 aromatic rings. The SMILES string of the molecule is CC(=O)O.CC(C)c1cccc(C(C)C)c1N1C=CN(c2c(C(C)C)cccc2C(C)C)[CH-]1.[Ag+]. The van der Waals surface area contributed by atoms with Crippen LogP contribution in [-0.2, 0) is 27.2 Å². The maximum absolute atomic E-state index is 9.00. The molecule has 0 saturated carbocycles. The number of para-hydroxylation sites is 2. The van der Waals surface area contributed by atoms with E-state index in [2.05, 4.69) is 121 Å². The van der Waals surface area contributed by atoms with Gasteiger partial charge in [-0.05, 0) is 58.3 Å². The Hall–Kier alpha value is -2.01. The number of hydrogen-bond donors (Lipinski definition) is 1. The average molecular weight is 558 g/mol. The molecule has 0 atom stereocenters. The topological polar surface area (TPSA) is 43.8 Å². The summed E-state index contributed by atoms with van der Waals surface area (Å²) in [6.07, 6.45) is 4.43. The number of carboxylic acid groups (broad SMARTS) is 1. The number of aliphatic carboxylic acids is 1. The Bertz CT molecular complexity index is 852. The molecular weight excluding hydrogens is 516 g/mol. The summed E-state index contributed by atoms with van der Waals surface area (Å²) in [5, 5.41) is 7.42. The number of hydrogen-bond acceptors (Lipinski definition) is 3. The second kappa shape index (κ2) is 13.2. The standard InChI is InChI=1S/C27H37N2.C2H4O2.Ag/c1-18(2)22-11-9-12-23(19(3)4)26(22)28-15-16-29(17-28)27-24(20(5)6)13-10-14-25(27)21(7)8;1-2(3)4;/h9-21H,1-8H3;1H3,(H,3,4);/q-1;;+1. The van der Waals surface area contributed by atoms with E-state index in [0.717, 1.165) is 6.92 Å². The van der Waals surface area contributed by atoms with Gasteiger partial charge in [0.15, 0.2) is 0 Å². The van der Waals surface area contributed by atoms with Gasteiger partial charge in [-0.15, -0.1) is 6.67 Å². The summed E-state index contributed by atoms with van der Waals surface area (Å²) in [5.41, 5.74) is 8.29. The van der Waals surface area contributed by atoms with E-state index in [0.29, 0.717) is 23.7 Å². The van der Waals surface area contributed by atoms with E-state index in [1.165, 1.54) is 33.6 Å². The van der Waals surface area contributed by atoms with Crippen LogP contribution >= 0.6 is 0 Å². The van der Waals surface area contributed by atoms with Crippen molar-refractivity contribution in [1.82, 2.24) is 0 Å². The molecule has 0 saturated heterocycles. The van der Waals surface area contributed by atoms with Crippen LogP contribution in [0.3, 0.4) is 0 Å². The predicted octanol–water partition coefficient (Wildman–Crippen LogP) is 8.19. The van der Waals surface area contributed by atoms with Crippen molar-refractivity contribution in [2.45, 2.75) is 86.0 Å². The van der Waals surface area contributed by atoms with Crippen LogP contribution in [0.2, 0.25) is 0 Å². The Kier molecular flexibility index (Phi) is 11.6. The molecule has 4 nitrogen and oxygen atoms in total. The molecule has 3 rings (SSSR count). The summed E-state index contributed by atoms with van der Waals surface area (Å²) < 4.78 is 0. The van der Waals surface area contributed by atoms with E-state index in [-0.39, 0.29) is 22.4 Å². The molecule has 34 heavy (non-hydrogen) atoms. The van der Waals surface area contributed by atoms with Crippen LogP contribution in [0, 0.1) is 6.67 Å². The molecule has 0 amide bonds. The monoisotopic (exact) mass is 556 g/mol. The molecule has 0 aliphatic carbocycles. The smallest absolute Gasteiger partial charge is 0.481 e. The van der Waals surface area contributed by atoms with Crippen LogP contribution in [0.25, 0.3) is 0 Å². The Morgan fingerprint density at radius 1 is 0.676 bits per heavy atom. The van der Waals surface area contributed by atoms with E-state index < -0.39 is 5.97 Å². The summed E-state index contributed by atoms with van der Waals surface area (Å²) >= 11 is 0. The Labute approximate surface area is 222 Å². The van der Waals surface area contributed by atoms with Crippen molar-refractivity contribution < 1.29 is 32.3 Å². The zero-order valence-corrected chi connectivity index (χ0v) is 23.5. The first-order valence-electron chi connectivity index (χ1n) is 12.0. The summed E-state index contributed by atoms with van der Waals surface area (Å²) in [5.74, 6) is 1.09. The number of carbonyl (C=O) groups is 1. The summed E-state index contributed by atoms with van der Waals surface area (Å²) in [4.78, 5) is 13.7. The van der Waals surface area contributed by atoms with Crippen LogP contribution in [0.5, 0.6) is 0 Å². The third kappa shape index (κ3) is 7.24. The molecule has 1 aliphatic heterocycles. The Morgan fingerprint density at radius 3 is 1.12 bits per heavy atom. The maximum Gasteiger partial charge on any atom is 1.00 e. The van der Waals surface area contributed by atoms with Gasteiger partial charge >= 0.3 is 22.4 Å². The first kappa shape index (κ1) is 30.0.